The number of hydrogen-bond acceptors (Lipinski definition) is 2. The first-order chi connectivity index (χ1) is 9.29. The predicted molar refractivity (Wildman–Crippen MR) is 77.1 cm³/mol. The average Bonchev–Trinajstić information content (AvgIpc) is 3.00. The van der Waals surface area contributed by atoms with Gasteiger partial charge in [-0.05, 0) is 49.8 Å². The highest BCUT2D eigenvalue weighted by Crippen LogP contribution is 2.38. The van der Waals surface area contributed by atoms with Crippen molar-refractivity contribution < 1.29 is 0 Å². The van der Waals surface area contributed by atoms with Gasteiger partial charge in [0.25, 0.3) is 0 Å². The molecule has 3 nitrogen and oxygen atoms in total. The Morgan fingerprint density at radius 2 is 2.11 bits per heavy atom. The van der Waals surface area contributed by atoms with E-state index in [1.54, 1.807) is 0 Å². The Hall–Kier alpha value is -1.35. The van der Waals surface area contributed by atoms with Crippen LogP contribution in [0.4, 0.5) is 0 Å². The molecule has 19 heavy (non-hydrogen) atoms. The standard InChI is InChI=1S/C16H21N3/c1-10-6-7-13-14(8-10)19-16(18-13)15-9-11-4-2-3-5-12(11)17-15/h6-8,11-12,15,17H,2-5,9H2,1H3,(H,18,19). The number of aryl methyl sites for hydroxylation is 1. The van der Waals surface area contributed by atoms with Gasteiger partial charge in [0, 0.05) is 6.04 Å². The van der Waals surface area contributed by atoms with Crippen molar-refractivity contribution in [2.45, 2.75) is 51.1 Å². The van der Waals surface area contributed by atoms with Crippen LogP contribution in [0.1, 0.15) is 49.5 Å². The zero-order valence-corrected chi connectivity index (χ0v) is 11.4. The Morgan fingerprint density at radius 3 is 3.00 bits per heavy atom. The minimum Gasteiger partial charge on any atom is -0.341 e. The summed E-state index contributed by atoms with van der Waals surface area (Å²) < 4.78 is 0. The van der Waals surface area contributed by atoms with Gasteiger partial charge in [-0.25, -0.2) is 4.98 Å². The Morgan fingerprint density at radius 1 is 1.21 bits per heavy atom. The van der Waals surface area contributed by atoms with Crippen molar-refractivity contribution in [3.8, 4) is 0 Å². The van der Waals surface area contributed by atoms with Crippen molar-refractivity contribution in [3.63, 3.8) is 0 Å². The topological polar surface area (TPSA) is 40.7 Å². The number of nitrogens with zero attached hydrogens (tertiary/aromatic N) is 1. The molecule has 1 saturated carbocycles. The maximum absolute atomic E-state index is 4.78. The molecule has 3 unspecified atom stereocenters. The Labute approximate surface area is 113 Å². The maximum Gasteiger partial charge on any atom is 0.124 e. The van der Waals surface area contributed by atoms with Crippen LogP contribution in [0.15, 0.2) is 18.2 Å². The number of aromatic nitrogens is 2. The third kappa shape index (κ3) is 1.96. The second-order valence-corrected chi connectivity index (χ2v) is 6.25. The Kier molecular flexibility index (Phi) is 2.62. The largest absolute Gasteiger partial charge is 0.341 e. The number of aromatic amines is 1. The van der Waals surface area contributed by atoms with Crippen LogP contribution in [0.3, 0.4) is 0 Å². The van der Waals surface area contributed by atoms with E-state index in [2.05, 4.69) is 35.4 Å². The highest BCUT2D eigenvalue weighted by atomic mass is 15.1. The van der Waals surface area contributed by atoms with Crippen LogP contribution in [-0.2, 0) is 0 Å². The normalized spacial score (nSPS) is 30.7. The van der Waals surface area contributed by atoms with Crippen molar-refractivity contribution in [3.05, 3.63) is 29.6 Å². The molecule has 1 aromatic heterocycles. The quantitative estimate of drug-likeness (QED) is 0.819. The van der Waals surface area contributed by atoms with Gasteiger partial charge in [-0.3, -0.25) is 0 Å². The van der Waals surface area contributed by atoms with Crippen LogP contribution in [0.2, 0.25) is 0 Å². The first-order valence-corrected chi connectivity index (χ1v) is 7.52. The van der Waals surface area contributed by atoms with Gasteiger partial charge in [-0.1, -0.05) is 18.9 Å². The summed E-state index contributed by atoms with van der Waals surface area (Å²) in [5.41, 5.74) is 3.56. The van der Waals surface area contributed by atoms with Crippen LogP contribution in [0.25, 0.3) is 11.0 Å². The van der Waals surface area contributed by atoms with Crippen LogP contribution in [0, 0.1) is 12.8 Å². The number of imidazole rings is 1. The lowest BCUT2D eigenvalue weighted by Crippen LogP contribution is -2.30. The molecular weight excluding hydrogens is 234 g/mol. The third-order valence-corrected chi connectivity index (χ3v) is 4.85. The fourth-order valence-corrected chi connectivity index (χ4v) is 3.84. The zero-order valence-electron chi connectivity index (χ0n) is 11.4. The molecule has 2 heterocycles. The lowest BCUT2D eigenvalue weighted by Gasteiger charge is -2.24. The number of hydrogen-bond donors (Lipinski definition) is 2. The second kappa shape index (κ2) is 4.34. The number of benzene rings is 1. The van der Waals surface area contributed by atoms with Gasteiger partial charge in [0.15, 0.2) is 0 Å². The van der Waals surface area contributed by atoms with Crippen molar-refractivity contribution in [1.29, 1.82) is 0 Å². The molecule has 1 aliphatic heterocycles. The summed E-state index contributed by atoms with van der Waals surface area (Å²) in [6, 6.07) is 7.60. The van der Waals surface area contributed by atoms with Gasteiger partial charge in [-0.15, -0.1) is 0 Å². The zero-order chi connectivity index (χ0) is 12.8. The van der Waals surface area contributed by atoms with E-state index in [9.17, 15) is 0 Å². The van der Waals surface area contributed by atoms with Crippen LogP contribution in [0.5, 0.6) is 0 Å². The average molecular weight is 255 g/mol. The Bertz CT molecular complexity index is 587. The first-order valence-electron chi connectivity index (χ1n) is 7.52. The maximum atomic E-state index is 4.78. The monoisotopic (exact) mass is 255 g/mol. The molecule has 2 aliphatic rings. The van der Waals surface area contributed by atoms with E-state index in [4.69, 9.17) is 4.98 Å². The van der Waals surface area contributed by atoms with Gasteiger partial charge < -0.3 is 10.3 Å². The molecule has 0 radical (unpaired) electrons. The molecule has 3 heteroatoms. The third-order valence-electron chi connectivity index (χ3n) is 4.85. The molecule has 2 fully saturated rings. The molecular formula is C16H21N3. The number of fused-ring (bicyclic) bond motifs is 2. The molecule has 3 atom stereocenters. The van der Waals surface area contributed by atoms with Crippen LogP contribution < -0.4 is 5.32 Å². The first kappa shape index (κ1) is 11.5. The van der Waals surface area contributed by atoms with Crippen molar-refractivity contribution in [2.75, 3.05) is 0 Å². The van der Waals surface area contributed by atoms with Crippen molar-refractivity contribution >= 4 is 11.0 Å². The number of H-pyrrole nitrogens is 1. The number of rotatable bonds is 1. The van der Waals surface area contributed by atoms with E-state index in [-0.39, 0.29) is 0 Å². The van der Waals surface area contributed by atoms with Gasteiger partial charge >= 0.3 is 0 Å². The molecule has 1 saturated heterocycles. The highest BCUT2D eigenvalue weighted by molar-refractivity contribution is 5.75. The van der Waals surface area contributed by atoms with Crippen LogP contribution >= 0.6 is 0 Å². The minimum absolute atomic E-state index is 0.431. The molecule has 2 aromatic rings. The van der Waals surface area contributed by atoms with E-state index in [0.717, 1.165) is 23.3 Å². The second-order valence-electron chi connectivity index (χ2n) is 6.25. The lowest BCUT2D eigenvalue weighted by molar-refractivity contribution is 0.325. The summed E-state index contributed by atoms with van der Waals surface area (Å²) in [5, 5.41) is 3.79. The summed E-state index contributed by atoms with van der Waals surface area (Å²) >= 11 is 0. The molecule has 1 aromatic carbocycles. The van der Waals surface area contributed by atoms with E-state index >= 15 is 0 Å². The summed E-state index contributed by atoms with van der Waals surface area (Å²) in [4.78, 5) is 8.29. The highest BCUT2D eigenvalue weighted by Gasteiger charge is 2.36. The summed E-state index contributed by atoms with van der Waals surface area (Å²) in [7, 11) is 0. The van der Waals surface area contributed by atoms with E-state index < -0.39 is 0 Å². The molecule has 2 N–H and O–H groups in total. The summed E-state index contributed by atoms with van der Waals surface area (Å²) in [6.07, 6.45) is 6.80. The minimum atomic E-state index is 0.431. The van der Waals surface area contributed by atoms with Gasteiger partial charge in [0.2, 0.25) is 0 Å². The van der Waals surface area contributed by atoms with Crippen molar-refractivity contribution in [1.82, 2.24) is 15.3 Å². The predicted octanol–water partition coefficient (Wildman–Crippen LogP) is 3.46. The molecule has 4 rings (SSSR count). The van der Waals surface area contributed by atoms with Gasteiger partial charge in [0.05, 0.1) is 17.1 Å². The number of nitrogens with one attached hydrogen (secondary N) is 2. The molecule has 0 amide bonds. The van der Waals surface area contributed by atoms with E-state index in [1.165, 1.54) is 43.2 Å². The Balaban J connectivity index is 1.64. The van der Waals surface area contributed by atoms with E-state index in [1.807, 2.05) is 0 Å². The SMILES string of the molecule is Cc1ccc2nc(C3CC4CCCCC4N3)[nH]c2c1. The summed E-state index contributed by atoms with van der Waals surface area (Å²) in [5.74, 6) is 2.00. The molecule has 0 spiro atoms. The summed E-state index contributed by atoms with van der Waals surface area (Å²) in [6.45, 7) is 2.13. The van der Waals surface area contributed by atoms with E-state index in [0.29, 0.717) is 6.04 Å². The van der Waals surface area contributed by atoms with Crippen LogP contribution in [-0.4, -0.2) is 16.0 Å². The fraction of sp³-hybridized carbons (Fsp3) is 0.562. The molecule has 1 aliphatic carbocycles. The van der Waals surface area contributed by atoms with Crippen molar-refractivity contribution in [2.24, 2.45) is 5.92 Å². The molecule has 100 valence electrons. The van der Waals surface area contributed by atoms with Gasteiger partial charge in [0.1, 0.15) is 5.82 Å². The molecule has 0 bridgehead atoms. The van der Waals surface area contributed by atoms with Gasteiger partial charge in [-0.2, -0.15) is 0 Å². The fourth-order valence-electron chi connectivity index (χ4n) is 3.84. The lowest BCUT2D eigenvalue weighted by atomic mass is 9.85. The smallest absolute Gasteiger partial charge is 0.124 e.